The van der Waals surface area contributed by atoms with E-state index < -0.39 is 0 Å². The molecular weight excluding hydrogens is 408 g/mol. The molecule has 2 aromatic heterocycles. The third kappa shape index (κ3) is 4.30. The van der Waals surface area contributed by atoms with E-state index in [2.05, 4.69) is 37.0 Å². The van der Waals surface area contributed by atoms with Crippen molar-refractivity contribution in [3.05, 3.63) is 86.8 Å². The maximum Gasteiger partial charge on any atom is 0.338 e. The van der Waals surface area contributed by atoms with Crippen LogP contribution in [0, 0.1) is 13.8 Å². The lowest BCUT2D eigenvalue weighted by atomic mass is 10.0. The van der Waals surface area contributed by atoms with Gasteiger partial charge in [0.15, 0.2) is 0 Å². The van der Waals surface area contributed by atoms with Gasteiger partial charge < -0.3 is 4.74 Å². The van der Waals surface area contributed by atoms with E-state index in [1.165, 1.54) is 22.5 Å². The van der Waals surface area contributed by atoms with Crippen molar-refractivity contribution >= 4 is 27.5 Å². The van der Waals surface area contributed by atoms with Gasteiger partial charge in [0.25, 0.3) is 5.56 Å². The average Bonchev–Trinajstić information content (AvgIpc) is 3.17. The molecule has 0 saturated heterocycles. The van der Waals surface area contributed by atoms with E-state index in [-0.39, 0.29) is 17.6 Å². The predicted molar refractivity (Wildman–Crippen MR) is 125 cm³/mol. The van der Waals surface area contributed by atoms with Crippen LogP contribution >= 0.6 is 11.3 Å². The Morgan fingerprint density at radius 3 is 2.52 bits per heavy atom. The Bertz CT molecular complexity index is 1320. The Labute approximate surface area is 185 Å². The smallest absolute Gasteiger partial charge is 0.338 e. The standard InChI is InChI=1S/C25H24N2O3S/c1-15(2)30-25(29)19-9-6-18(7-10-19)12-27-14-26-23-22(24(27)28)21(13-31-23)20-8-5-16(3)17(4)11-20/h5-11,13-15H,12H2,1-4H3. The van der Waals surface area contributed by atoms with Gasteiger partial charge in [-0.15, -0.1) is 11.3 Å². The van der Waals surface area contributed by atoms with Crippen LogP contribution in [0.2, 0.25) is 0 Å². The van der Waals surface area contributed by atoms with Crippen molar-refractivity contribution < 1.29 is 9.53 Å². The first kappa shape index (κ1) is 21.0. The fraction of sp³-hybridized carbons (Fsp3) is 0.240. The van der Waals surface area contributed by atoms with Crippen molar-refractivity contribution in [3.8, 4) is 11.1 Å². The third-order valence-electron chi connectivity index (χ3n) is 5.26. The number of aryl methyl sites for hydroxylation is 2. The Balaban J connectivity index is 1.66. The van der Waals surface area contributed by atoms with Crippen LogP contribution in [0.4, 0.5) is 0 Å². The van der Waals surface area contributed by atoms with Crippen LogP contribution in [0.1, 0.15) is 40.9 Å². The van der Waals surface area contributed by atoms with Gasteiger partial charge >= 0.3 is 5.97 Å². The Hall–Kier alpha value is -3.25. The van der Waals surface area contributed by atoms with Crippen LogP contribution in [0.3, 0.4) is 0 Å². The normalized spacial score (nSPS) is 11.3. The molecule has 6 heteroatoms. The summed E-state index contributed by atoms with van der Waals surface area (Å²) in [5, 5.41) is 2.65. The molecular formula is C25H24N2O3S. The van der Waals surface area contributed by atoms with Gasteiger partial charge in [0, 0.05) is 10.9 Å². The second-order valence-corrected chi connectivity index (χ2v) is 8.82. The molecule has 0 aliphatic rings. The molecule has 0 fully saturated rings. The predicted octanol–water partition coefficient (Wildman–Crippen LogP) is 5.36. The van der Waals surface area contributed by atoms with Crippen molar-refractivity contribution in [1.29, 1.82) is 0 Å². The van der Waals surface area contributed by atoms with E-state index in [1.54, 1.807) is 23.0 Å². The maximum atomic E-state index is 13.3. The molecule has 0 saturated carbocycles. The summed E-state index contributed by atoms with van der Waals surface area (Å²) in [7, 11) is 0. The first-order valence-electron chi connectivity index (χ1n) is 10.2. The highest BCUT2D eigenvalue weighted by molar-refractivity contribution is 7.17. The lowest BCUT2D eigenvalue weighted by molar-refractivity contribution is 0.0378. The number of thiophene rings is 1. The highest BCUT2D eigenvalue weighted by atomic mass is 32.1. The van der Waals surface area contributed by atoms with Crippen LogP contribution < -0.4 is 5.56 Å². The number of carbonyl (C=O) groups excluding carboxylic acids is 1. The largest absolute Gasteiger partial charge is 0.459 e. The lowest BCUT2D eigenvalue weighted by Crippen LogP contribution is -2.21. The summed E-state index contributed by atoms with van der Waals surface area (Å²) >= 11 is 1.48. The first-order valence-corrected chi connectivity index (χ1v) is 11.1. The number of benzene rings is 2. The van der Waals surface area contributed by atoms with Gasteiger partial charge in [-0.2, -0.15) is 0 Å². The minimum atomic E-state index is -0.349. The highest BCUT2D eigenvalue weighted by Gasteiger charge is 2.14. The van der Waals surface area contributed by atoms with Gasteiger partial charge in [0.2, 0.25) is 0 Å². The van der Waals surface area contributed by atoms with Gasteiger partial charge in [-0.3, -0.25) is 9.36 Å². The Morgan fingerprint density at radius 2 is 1.84 bits per heavy atom. The summed E-state index contributed by atoms with van der Waals surface area (Å²) < 4.78 is 6.83. The minimum absolute atomic E-state index is 0.0669. The van der Waals surface area contributed by atoms with Crippen molar-refractivity contribution in [2.75, 3.05) is 0 Å². The first-order chi connectivity index (χ1) is 14.8. The van der Waals surface area contributed by atoms with E-state index in [0.29, 0.717) is 17.5 Å². The summed E-state index contributed by atoms with van der Waals surface area (Å²) in [5.41, 5.74) is 5.70. The average molecular weight is 433 g/mol. The van der Waals surface area contributed by atoms with Gasteiger partial charge in [0.1, 0.15) is 4.83 Å². The van der Waals surface area contributed by atoms with Crippen LogP contribution in [-0.2, 0) is 11.3 Å². The molecule has 4 aromatic rings. The number of hydrogen-bond donors (Lipinski definition) is 0. The maximum absolute atomic E-state index is 13.3. The molecule has 0 spiro atoms. The van der Waals surface area contributed by atoms with E-state index in [1.807, 2.05) is 31.4 Å². The number of rotatable bonds is 5. The van der Waals surface area contributed by atoms with Crippen molar-refractivity contribution in [1.82, 2.24) is 9.55 Å². The van der Waals surface area contributed by atoms with E-state index in [9.17, 15) is 9.59 Å². The summed E-state index contributed by atoms with van der Waals surface area (Å²) in [6, 6.07) is 13.4. The third-order valence-corrected chi connectivity index (χ3v) is 6.15. The zero-order chi connectivity index (χ0) is 22.1. The van der Waals surface area contributed by atoms with Crippen molar-refractivity contribution in [2.24, 2.45) is 0 Å². The molecule has 2 aromatic carbocycles. The highest BCUT2D eigenvalue weighted by Crippen LogP contribution is 2.31. The molecule has 0 atom stereocenters. The summed E-state index contributed by atoms with van der Waals surface area (Å²) in [5.74, 6) is -0.349. The summed E-state index contributed by atoms with van der Waals surface area (Å²) in [6.07, 6.45) is 1.42. The monoisotopic (exact) mass is 432 g/mol. The number of ether oxygens (including phenoxy) is 1. The quantitative estimate of drug-likeness (QED) is 0.399. The SMILES string of the molecule is Cc1ccc(-c2csc3ncn(Cc4ccc(C(=O)OC(C)C)cc4)c(=O)c23)cc1C. The molecule has 0 unspecified atom stereocenters. The van der Waals surface area contributed by atoms with Crippen molar-refractivity contribution in [2.45, 2.75) is 40.3 Å². The van der Waals surface area contributed by atoms with Crippen LogP contribution in [0.15, 0.2) is 59.0 Å². The van der Waals surface area contributed by atoms with Crippen molar-refractivity contribution in [3.63, 3.8) is 0 Å². The topological polar surface area (TPSA) is 61.2 Å². The minimum Gasteiger partial charge on any atom is -0.459 e. The van der Waals surface area contributed by atoms with Crippen LogP contribution in [0.25, 0.3) is 21.3 Å². The molecule has 158 valence electrons. The van der Waals surface area contributed by atoms with E-state index in [4.69, 9.17) is 4.74 Å². The molecule has 0 radical (unpaired) electrons. The lowest BCUT2D eigenvalue weighted by Gasteiger charge is -2.09. The number of nitrogens with zero attached hydrogens (tertiary/aromatic N) is 2. The zero-order valence-electron chi connectivity index (χ0n) is 18.0. The number of aromatic nitrogens is 2. The number of carbonyl (C=O) groups is 1. The molecule has 5 nitrogen and oxygen atoms in total. The molecule has 4 rings (SSSR count). The van der Waals surface area contributed by atoms with Crippen LogP contribution in [0.5, 0.6) is 0 Å². The second kappa shape index (κ2) is 8.47. The zero-order valence-corrected chi connectivity index (χ0v) is 18.8. The fourth-order valence-corrected chi connectivity index (χ4v) is 4.33. The molecule has 0 amide bonds. The van der Waals surface area contributed by atoms with Gasteiger partial charge in [-0.25, -0.2) is 9.78 Å². The van der Waals surface area contributed by atoms with E-state index in [0.717, 1.165) is 21.5 Å². The fourth-order valence-electron chi connectivity index (χ4n) is 3.43. The number of fused-ring (bicyclic) bond motifs is 1. The number of hydrogen-bond acceptors (Lipinski definition) is 5. The molecule has 0 N–H and O–H groups in total. The summed E-state index contributed by atoms with van der Waals surface area (Å²) in [4.78, 5) is 30.6. The Kier molecular flexibility index (Phi) is 5.74. The summed E-state index contributed by atoms with van der Waals surface area (Å²) in [6.45, 7) is 8.16. The molecule has 2 heterocycles. The van der Waals surface area contributed by atoms with Gasteiger partial charge in [-0.05, 0) is 62.1 Å². The molecule has 0 aliphatic heterocycles. The van der Waals surface area contributed by atoms with Gasteiger partial charge in [0.05, 0.1) is 29.9 Å². The molecule has 0 aliphatic carbocycles. The van der Waals surface area contributed by atoms with E-state index >= 15 is 0 Å². The van der Waals surface area contributed by atoms with Crippen LogP contribution in [-0.4, -0.2) is 21.6 Å². The molecule has 31 heavy (non-hydrogen) atoms. The molecule has 0 bridgehead atoms. The second-order valence-electron chi connectivity index (χ2n) is 7.96. The number of esters is 1. The Morgan fingerprint density at radius 1 is 1.10 bits per heavy atom. The van der Waals surface area contributed by atoms with Gasteiger partial charge in [-0.1, -0.05) is 30.3 Å².